The number of rotatable bonds is 5. The van der Waals surface area contributed by atoms with Crippen LogP contribution in [0.5, 0.6) is 0 Å². The molecule has 0 aliphatic heterocycles. The molecule has 0 fully saturated rings. The third kappa shape index (κ3) is 3.70. The molecule has 0 saturated heterocycles. The van der Waals surface area contributed by atoms with E-state index in [-0.39, 0.29) is 13.0 Å². The van der Waals surface area contributed by atoms with Crippen LogP contribution in [0.25, 0.3) is 0 Å². The molecule has 19 heavy (non-hydrogen) atoms. The van der Waals surface area contributed by atoms with Crippen molar-refractivity contribution in [2.45, 2.75) is 38.1 Å². The van der Waals surface area contributed by atoms with E-state index in [1.54, 1.807) is 30.3 Å². The number of hydrogen-bond acceptors (Lipinski definition) is 3. The standard InChI is InChI=1S/C13H16F3NO2/c1-2-8-12(17,13(14,15)16)11(18)19-9-10-6-4-3-5-7-10/h3-7H,2,8-9,17H2,1H3. The van der Waals surface area contributed by atoms with Crippen LogP contribution in [0.2, 0.25) is 0 Å². The van der Waals surface area contributed by atoms with Gasteiger partial charge in [0.25, 0.3) is 0 Å². The predicted molar refractivity (Wildman–Crippen MR) is 64.1 cm³/mol. The average Bonchev–Trinajstić information content (AvgIpc) is 2.36. The van der Waals surface area contributed by atoms with E-state index in [2.05, 4.69) is 4.74 Å². The Labute approximate surface area is 109 Å². The number of hydrogen-bond donors (Lipinski definition) is 1. The second-order valence-electron chi connectivity index (χ2n) is 4.28. The van der Waals surface area contributed by atoms with Crippen LogP contribution in [0.1, 0.15) is 25.3 Å². The maximum absolute atomic E-state index is 12.8. The van der Waals surface area contributed by atoms with Crippen LogP contribution in [0.3, 0.4) is 0 Å². The molecule has 6 heteroatoms. The summed E-state index contributed by atoms with van der Waals surface area (Å²) in [5.74, 6) is -1.44. The highest BCUT2D eigenvalue weighted by molar-refractivity contribution is 5.81. The summed E-state index contributed by atoms with van der Waals surface area (Å²) in [5.41, 5.74) is 2.87. The molecule has 2 N–H and O–H groups in total. The first-order valence-electron chi connectivity index (χ1n) is 5.88. The van der Waals surface area contributed by atoms with Gasteiger partial charge in [-0.05, 0) is 12.0 Å². The second kappa shape index (κ2) is 6.06. The maximum atomic E-state index is 12.8. The van der Waals surface area contributed by atoms with Crippen LogP contribution in [0.15, 0.2) is 30.3 Å². The van der Waals surface area contributed by atoms with Crippen molar-refractivity contribution >= 4 is 5.97 Å². The Morgan fingerprint density at radius 3 is 2.32 bits per heavy atom. The van der Waals surface area contributed by atoms with Gasteiger partial charge in [-0.25, -0.2) is 4.79 Å². The van der Waals surface area contributed by atoms with E-state index >= 15 is 0 Å². The number of benzene rings is 1. The Kier molecular flexibility index (Phi) is 4.94. The Morgan fingerprint density at radius 2 is 1.84 bits per heavy atom. The van der Waals surface area contributed by atoms with Gasteiger partial charge in [0.1, 0.15) is 6.61 Å². The molecular formula is C13H16F3NO2. The average molecular weight is 275 g/mol. The van der Waals surface area contributed by atoms with E-state index in [1.165, 1.54) is 6.92 Å². The number of alkyl halides is 3. The van der Waals surface area contributed by atoms with Crippen molar-refractivity contribution in [2.24, 2.45) is 5.73 Å². The lowest BCUT2D eigenvalue weighted by Crippen LogP contribution is -2.60. The lowest BCUT2D eigenvalue weighted by Gasteiger charge is -2.29. The Hall–Kier alpha value is -1.56. The van der Waals surface area contributed by atoms with Gasteiger partial charge in [-0.1, -0.05) is 43.7 Å². The summed E-state index contributed by atoms with van der Waals surface area (Å²) in [7, 11) is 0. The molecule has 1 aromatic rings. The largest absolute Gasteiger partial charge is 0.459 e. The monoisotopic (exact) mass is 275 g/mol. The van der Waals surface area contributed by atoms with Crippen LogP contribution < -0.4 is 5.73 Å². The Morgan fingerprint density at radius 1 is 1.26 bits per heavy atom. The number of esters is 1. The summed E-state index contributed by atoms with van der Waals surface area (Å²) in [6.07, 6.45) is -5.18. The van der Waals surface area contributed by atoms with Crippen LogP contribution >= 0.6 is 0 Å². The molecule has 0 radical (unpaired) electrons. The van der Waals surface area contributed by atoms with Gasteiger partial charge in [-0.15, -0.1) is 0 Å². The third-order valence-electron chi connectivity index (χ3n) is 2.73. The van der Waals surface area contributed by atoms with Crippen molar-refractivity contribution in [3.8, 4) is 0 Å². The number of nitrogens with two attached hydrogens (primary N) is 1. The van der Waals surface area contributed by atoms with Crippen molar-refractivity contribution < 1.29 is 22.7 Å². The molecule has 106 valence electrons. The number of carbonyl (C=O) groups is 1. The third-order valence-corrected chi connectivity index (χ3v) is 2.73. The van der Waals surface area contributed by atoms with Crippen molar-refractivity contribution in [3.63, 3.8) is 0 Å². The van der Waals surface area contributed by atoms with Crippen LogP contribution in [0.4, 0.5) is 13.2 Å². The zero-order valence-electron chi connectivity index (χ0n) is 10.5. The zero-order chi connectivity index (χ0) is 14.5. The highest BCUT2D eigenvalue weighted by atomic mass is 19.4. The quantitative estimate of drug-likeness (QED) is 0.841. The highest BCUT2D eigenvalue weighted by Crippen LogP contribution is 2.33. The topological polar surface area (TPSA) is 52.3 Å². The highest BCUT2D eigenvalue weighted by Gasteiger charge is 2.58. The maximum Gasteiger partial charge on any atom is 0.417 e. The first kappa shape index (κ1) is 15.5. The molecule has 1 rings (SSSR count). The van der Waals surface area contributed by atoms with Gasteiger partial charge < -0.3 is 10.5 Å². The fourth-order valence-corrected chi connectivity index (χ4v) is 1.61. The minimum Gasteiger partial charge on any atom is -0.459 e. The Balaban J connectivity index is 2.74. The molecule has 0 aliphatic rings. The fourth-order valence-electron chi connectivity index (χ4n) is 1.61. The molecule has 0 aliphatic carbocycles. The van der Waals surface area contributed by atoms with E-state index in [0.29, 0.717) is 5.56 Å². The van der Waals surface area contributed by atoms with Gasteiger partial charge in [-0.2, -0.15) is 13.2 Å². The van der Waals surface area contributed by atoms with E-state index in [4.69, 9.17) is 5.73 Å². The molecule has 1 atom stereocenters. The van der Waals surface area contributed by atoms with Gasteiger partial charge in [0.15, 0.2) is 0 Å². The van der Waals surface area contributed by atoms with E-state index in [9.17, 15) is 18.0 Å². The molecule has 0 heterocycles. The summed E-state index contributed by atoms with van der Waals surface area (Å²) in [4.78, 5) is 11.6. The second-order valence-corrected chi connectivity index (χ2v) is 4.28. The normalized spacial score (nSPS) is 14.8. The number of ether oxygens (including phenoxy) is 1. The first-order valence-corrected chi connectivity index (χ1v) is 5.88. The summed E-state index contributed by atoms with van der Waals surface area (Å²) in [5, 5.41) is 0. The van der Waals surface area contributed by atoms with Gasteiger partial charge in [0.2, 0.25) is 5.54 Å². The van der Waals surface area contributed by atoms with Crippen molar-refractivity contribution in [1.29, 1.82) is 0 Å². The van der Waals surface area contributed by atoms with Gasteiger partial charge in [-0.3, -0.25) is 0 Å². The summed E-state index contributed by atoms with van der Waals surface area (Å²) in [6, 6.07) is 8.46. The number of carbonyl (C=O) groups excluding carboxylic acids is 1. The van der Waals surface area contributed by atoms with Crippen LogP contribution in [-0.4, -0.2) is 17.7 Å². The van der Waals surface area contributed by atoms with Crippen LogP contribution in [0, 0.1) is 0 Å². The van der Waals surface area contributed by atoms with Crippen LogP contribution in [-0.2, 0) is 16.1 Å². The molecular weight excluding hydrogens is 259 g/mol. The smallest absolute Gasteiger partial charge is 0.417 e. The van der Waals surface area contributed by atoms with Crippen molar-refractivity contribution in [1.82, 2.24) is 0 Å². The summed E-state index contributed by atoms with van der Waals surface area (Å²) < 4.78 is 43.2. The molecule has 1 unspecified atom stereocenters. The van der Waals surface area contributed by atoms with E-state index in [1.807, 2.05) is 0 Å². The minimum atomic E-state index is -4.82. The molecule has 0 saturated carbocycles. The molecule has 0 spiro atoms. The molecule has 1 aromatic carbocycles. The summed E-state index contributed by atoms with van der Waals surface area (Å²) >= 11 is 0. The zero-order valence-corrected chi connectivity index (χ0v) is 10.5. The van der Waals surface area contributed by atoms with Crippen molar-refractivity contribution in [3.05, 3.63) is 35.9 Å². The van der Waals surface area contributed by atoms with Crippen molar-refractivity contribution in [2.75, 3.05) is 0 Å². The molecule has 0 bridgehead atoms. The number of halogens is 3. The Bertz CT molecular complexity index is 420. The van der Waals surface area contributed by atoms with E-state index < -0.39 is 24.1 Å². The lowest BCUT2D eigenvalue weighted by molar-refractivity contribution is -0.208. The molecule has 0 amide bonds. The van der Waals surface area contributed by atoms with Gasteiger partial charge in [0, 0.05) is 0 Å². The molecule has 0 aromatic heterocycles. The fraction of sp³-hybridized carbons (Fsp3) is 0.462. The lowest BCUT2D eigenvalue weighted by atomic mass is 9.94. The van der Waals surface area contributed by atoms with Gasteiger partial charge in [0.05, 0.1) is 0 Å². The SMILES string of the molecule is CCCC(N)(C(=O)OCc1ccccc1)C(F)(F)F. The van der Waals surface area contributed by atoms with Gasteiger partial charge >= 0.3 is 12.1 Å². The molecule has 3 nitrogen and oxygen atoms in total. The predicted octanol–water partition coefficient (Wildman–Crippen LogP) is 2.79. The minimum absolute atomic E-state index is 0.135. The first-order chi connectivity index (χ1) is 8.81. The summed E-state index contributed by atoms with van der Waals surface area (Å²) in [6.45, 7) is 1.30. The van der Waals surface area contributed by atoms with E-state index in [0.717, 1.165) is 0 Å².